The summed E-state index contributed by atoms with van der Waals surface area (Å²) in [5.74, 6) is -2.25. The van der Waals surface area contributed by atoms with Gasteiger partial charge in [0.15, 0.2) is 6.29 Å². The normalized spacial score (nSPS) is 16.0. The fourth-order valence-electron chi connectivity index (χ4n) is 2.80. The van der Waals surface area contributed by atoms with Crippen LogP contribution in [0.15, 0.2) is 18.2 Å². The SMILES string of the molecule is CCCOCCOCC(=O)Nc1cccc(C=O)c1C(=O)NC1CCC(=O)NC1=O. The summed E-state index contributed by atoms with van der Waals surface area (Å²) in [7, 11) is 0. The number of hydrogen-bond donors (Lipinski definition) is 3. The van der Waals surface area contributed by atoms with Crippen molar-refractivity contribution in [3.8, 4) is 0 Å². The van der Waals surface area contributed by atoms with Gasteiger partial charge in [-0.1, -0.05) is 19.1 Å². The van der Waals surface area contributed by atoms with Crippen molar-refractivity contribution in [3.63, 3.8) is 0 Å². The largest absolute Gasteiger partial charge is 0.379 e. The number of imide groups is 1. The zero-order chi connectivity index (χ0) is 21.9. The molecule has 1 aliphatic rings. The van der Waals surface area contributed by atoms with Gasteiger partial charge in [0.05, 0.1) is 24.5 Å². The highest BCUT2D eigenvalue weighted by Gasteiger charge is 2.29. The minimum absolute atomic E-state index is 0.0477. The average molecular weight is 419 g/mol. The Balaban J connectivity index is 2.02. The van der Waals surface area contributed by atoms with Gasteiger partial charge in [-0.05, 0) is 18.9 Å². The number of hydrogen-bond acceptors (Lipinski definition) is 7. The zero-order valence-electron chi connectivity index (χ0n) is 16.7. The molecule has 0 radical (unpaired) electrons. The quantitative estimate of drug-likeness (QED) is 0.268. The first-order valence-corrected chi connectivity index (χ1v) is 9.64. The highest BCUT2D eigenvalue weighted by molar-refractivity contribution is 6.10. The molecule has 1 unspecified atom stereocenters. The van der Waals surface area contributed by atoms with Crippen LogP contribution in [-0.2, 0) is 23.9 Å². The number of piperidine rings is 1. The molecule has 1 saturated heterocycles. The van der Waals surface area contributed by atoms with Gasteiger partial charge in [-0.25, -0.2) is 0 Å². The van der Waals surface area contributed by atoms with E-state index in [4.69, 9.17) is 9.47 Å². The molecular weight excluding hydrogens is 394 g/mol. The van der Waals surface area contributed by atoms with Crippen LogP contribution in [0.25, 0.3) is 0 Å². The van der Waals surface area contributed by atoms with Gasteiger partial charge >= 0.3 is 0 Å². The molecule has 4 amide bonds. The van der Waals surface area contributed by atoms with E-state index >= 15 is 0 Å². The minimum atomic E-state index is -0.912. The lowest BCUT2D eigenvalue weighted by molar-refractivity contribution is -0.134. The van der Waals surface area contributed by atoms with Crippen LogP contribution < -0.4 is 16.0 Å². The van der Waals surface area contributed by atoms with E-state index in [2.05, 4.69) is 16.0 Å². The lowest BCUT2D eigenvalue weighted by Crippen LogP contribution is -2.52. The van der Waals surface area contributed by atoms with Crippen molar-refractivity contribution in [2.75, 3.05) is 31.7 Å². The van der Waals surface area contributed by atoms with Gasteiger partial charge in [-0.3, -0.25) is 29.3 Å². The fraction of sp³-hybridized carbons (Fsp3) is 0.450. The molecule has 1 fully saturated rings. The van der Waals surface area contributed by atoms with Gasteiger partial charge in [0.25, 0.3) is 5.91 Å². The molecular formula is C20H25N3O7. The fourth-order valence-corrected chi connectivity index (χ4v) is 2.80. The highest BCUT2D eigenvalue weighted by atomic mass is 16.5. The number of ether oxygens (including phenoxy) is 2. The molecule has 162 valence electrons. The van der Waals surface area contributed by atoms with E-state index in [0.29, 0.717) is 19.5 Å². The van der Waals surface area contributed by atoms with Crippen molar-refractivity contribution >= 4 is 35.6 Å². The first kappa shape index (κ1) is 23.2. The number of carbonyl (C=O) groups is 5. The van der Waals surface area contributed by atoms with Gasteiger partial charge in [0, 0.05) is 18.6 Å². The second-order valence-corrected chi connectivity index (χ2v) is 6.58. The first-order valence-electron chi connectivity index (χ1n) is 9.64. The van der Waals surface area contributed by atoms with Crippen molar-refractivity contribution in [2.45, 2.75) is 32.2 Å². The molecule has 2 rings (SSSR count). The van der Waals surface area contributed by atoms with Gasteiger partial charge < -0.3 is 20.1 Å². The first-order chi connectivity index (χ1) is 14.5. The molecule has 1 heterocycles. The van der Waals surface area contributed by atoms with Crippen molar-refractivity contribution in [2.24, 2.45) is 0 Å². The molecule has 3 N–H and O–H groups in total. The van der Waals surface area contributed by atoms with Crippen molar-refractivity contribution in [1.29, 1.82) is 0 Å². The van der Waals surface area contributed by atoms with Crippen LogP contribution in [0.5, 0.6) is 0 Å². The number of nitrogens with one attached hydrogen (secondary N) is 3. The average Bonchev–Trinajstić information content (AvgIpc) is 2.72. The Labute approximate surface area is 173 Å². The maximum Gasteiger partial charge on any atom is 0.254 e. The second kappa shape index (κ2) is 11.8. The lowest BCUT2D eigenvalue weighted by Gasteiger charge is -2.22. The summed E-state index contributed by atoms with van der Waals surface area (Å²) in [5, 5.41) is 7.19. The maximum absolute atomic E-state index is 12.7. The molecule has 30 heavy (non-hydrogen) atoms. The molecule has 10 heteroatoms. The third-order valence-electron chi connectivity index (χ3n) is 4.22. The van der Waals surface area contributed by atoms with Crippen molar-refractivity contribution in [1.82, 2.24) is 10.6 Å². The Kier molecular flexibility index (Phi) is 9.10. The molecule has 0 bridgehead atoms. The number of anilines is 1. The zero-order valence-corrected chi connectivity index (χ0v) is 16.7. The smallest absolute Gasteiger partial charge is 0.254 e. The minimum Gasteiger partial charge on any atom is -0.379 e. The summed E-state index contributed by atoms with van der Waals surface area (Å²) < 4.78 is 10.5. The number of amides is 4. The molecule has 0 spiro atoms. The molecule has 1 aromatic rings. The Morgan fingerprint density at radius 2 is 1.97 bits per heavy atom. The third kappa shape index (κ3) is 6.75. The van der Waals surface area contributed by atoms with Crippen LogP contribution >= 0.6 is 0 Å². The molecule has 1 aromatic carbocycles. The van der Waals surface area contributed by atoms with Crippen LogP contribution in [0.4, 0.5) is 5.69 Å². The van der Waals surface area contributed by atoms with Gasteiger partial charge in [0.2, 0.25) is 17.7 Å². The van der Waals surface area contributed by atoms with Gasteiger partial charge in [-0.15, -0.1) is 0 Å². The van der Waals surface area contributed by atoms with Crippen LogP contribution in [0.3, 0.4) is 0 Å². The summed E-state index contributed by atoms with van der Waals surface area (Å²) >= 11 is 0. The summed E-state index contributed by atoms with van der Waals surface area (Å²) in [6.45, 7) is 2.94. The number of rotatable bonds is 11. The Bertz CT molecular complexity index is 810. The Morgan fingerprint density at radius 1 is 1.20 bits per heavy atom. The van der Waals surface area contributed by atoms with Crippen molar-refractivity contribution in [3.05, 3.63) is 29.3 Å². The summed E-state index contributed by atoms with van der Waals surface area (Å²) in [6, 6.07) is 3.49. The van der Waals surface area contributed by atoms with Crippen LogP contribution in [0, 0.1) is 0 Å². The molecule has 1 aliphatic heterocycles. The third-order valence-corrected chi connectivity index (χ3v) is 4.22. The highest BCUT2D eigenvalue weighted by Crippen LogP contribution is 2.20. The van der Waals surface area contributed by atoms with E-state index in [1.54, 1.807) is 0 Å². The predicted molar refractivity (Wildman–Crippen MR) is 106 cm³/mol. The van der Waals surface area contributed by atoms with Crippen LogP contribution in [0.1, 0.15) is 46.9 Å². The molecule has 0 saturated carbocycles. The standard InChI is InChI=1S/C20H25N3O7/c1-2-8-29-9-10-30-12-17(26)21-14-5-3-4-13(11-24)18(14)20(28)22-15-6-7-16(25)23-19(15)27/h3-5,11,15H,2,6-10,12H2,1H3,(H,21,26)(H,22,28)(H,23,25,27). The van der Waals surface area contributed by atoms with E-state index in [1.165, 1.54) is 18.2 Å². The maximum atomic E-state index is 12.7. The Hall–Kier alpha value is -3.11. The predicted octanol–water partition coefficient (Wildman–Crippen LogP) is 0.416. The van der Waals surface area contributed by atoms with Crippen molar-refractivity contribution < 1.29 is 33.4 Å². The number of benzene rings is 1. The number of carbonyl (C=O) groups excluding carboxylic acids is 5. The lowest BCUT2D eigenvalue weighted by atomic mass is 10.0. The van der Waals surface area contributed by atoms with E-state index < -0.39 is 29.7 Å². The van der Waals surface area contributed by atoms with E-state index in [9.17, 15) is 24.0 Å². The molecule has 10 nitrogen and oxygen atoms in total. The van der Waals surface area contributed by atoms with E-state index in [-0.39, 0.29) is 42.9 Å². The van der Waals surface area contributed by atoms with Gasteiger partial charge in [-0.2, -0.15) is 0 Å². The topological polar surface area (TPSA) is 140 Å². The Morgan fingerprint density at radius 3 is 2.67 bits per heavy atom. The van der Waals surface area contributed by atoms with E-state index in [0.717, 1.165) is 6.42 Å². The summed E-state index contributed by atoms with van der Waals surface area (Å²) in [5.41, 5.74) is 0.0866. The summed E-state index contributed by atoms with van der Waals surface area (Å²) in [6.07, 6.45) is 1.61. The van der Waals surface area contributed by atoms with Crippen LogP contribution in [-0.4, -0.2) is 62.4 Å². The second-order valence-electron chi connectivity index (χ2n) is 6.58. The monoisotopic (exact) mass is 419 g/mol. The molecule has 0 aliphatic carbocycles. The van der Waals surface area contributed by atoms with Crippen LogP contribution in [0.2, 0.25) is 0 Å². The van der Waals surface area contributed by atoms with E-state index in [1.807, 2.05) is 6.92 Å². The number of aldehydes is 1. The molecule has 1 atom stereocenters. The summed E-state index contributed by atoms with van der Waals surface area (Å²) in [4.78, 5) is 59.5. The molecule has 0 aromatic heterocycles. The van der Waals surface area contributed by atoms with Gasteiger partial charge in [0.1, 0.15) is 12.6 Å².